The van der Waals surface area contributed by atoms with Crippen molar-refractivity contribution in [1.29, 1.82) is 0 Å². The number of nitrogens with zero attached hydrogens (tertiary/aromatic N) is 2. The van der Waals surface area contributed by atoms with E-state index in [4.69, 9.17) is 16.7 Å². The summed E-state index contributed by atoms with van der Waals surface area (Å²) < 4.78 is 1.50. The lowest BCUT2D eigenvalue weighted by Gasteiger charge is -2.06. The number of carboxylic acids is 1. The molecule has 0 aliphatic rings. The molecule has 2 aromatic rings. The molecule has 2 rings (SSSR count). The summed E-state index contributed by atoms with van der Waals surface area (Å²) in [5.41, 5.74) is 1.79. The van der Waals surface area contributed by atoms with E-state index in [1.54, 1.807) is 12.1 Å². The summed E-state index contributed by atoms with van der Waals surface area (Å²) in [4.78, 5) is 10.7. The van der Waals surface area contributed by atoms with Crippen molar-refractivity contribution in [3.05, 3.63) is 46.7 Å². The topological polar surface area (TPSA) is 55.1 Å². The first-order valence-corrected chi connectivity index (χ1v) is 5.01. The van der Waals surface area contributed by atoms with Gasteiger partial charge < -0.3 is 5.11 Å². The molecule has 16 heavy (non-hydrogen) atoms. The summed E-state index contributed by atoms with van der Waals surface area (Å²) in [5, 5.41) is 13.4. The number of carbonyl (C=O) groups is 1. The molecule has 0 unspecified atom stereocenters. The molecule has 0 aliphatic heterocycles. The van der Waals surface area contributed by atoms with Crippen LogP contribution in [0.1, 0.15) is 15.9 Å². The highest BCUT2D eigenvalue weighted by molar-refractivity contribution is 6.31. The maximum Gasteiger partial charge on any atom is 0.338 e. The molecule has 0 aliphatic carbocycles. The van der Waals surface area contributed by atoms with E-state index < -0.39 is 5.97 Å². The second-order valence-corrected chi connectivity index (χ2v) is 3.77. The fourth-order valence-corrected chi connectivity index (χ4v) is 1.58. The number of aromatic nitrogens is 2. The van der Waals surface area contributed by atoms with Gasteiger partial charge in [-0.1, -0.05) is 17.7 Å². The van der Waals surface area contributed by atoms with Crippen molar-refractivity contribution in [2.75, 3.05) is 0 Å². The van der Waals surface area contributed by atoms with Gasteiger partial charge in [-0.15, -0.1) is 0 Å². The molecule has 0 bridgehead atoms. The number of carboxylic acid groups (broad SMARTS) is 1. The summed E-state index contributed by atoms with van der Waals surface area (Å²) in [6.07, 6.45) is 2.77. The predicted molar refractivity (Wildman–Crippen MR) is 60.3 cm³/mol. The highest BCUT2D eigenvalue weighted by Crippen LogP contribution is 2.21. The molecule has 0 atom stereocenters. The molecular weight excluding hydrogens is 228 g/mol. The van der Waals surface area contributed by atoms with Gasteiger partial charge in [0.2, 0.25) is 0 Å². The molecule has 1 heterocycles. The van der Waals surface area contributed by atoms with Gasteiger partial charge in [0, 0.05) is 11.2 Å². The predicted octanol–water partition coefficient (Wildman–Crippen LogP) is 2.53. The van der Waals surface area contributed by atoms with Crippen LogP contribution in [0.4, 0.5) is 0 Å². The van der Waals surface area contributed by atoms with E-state index in [-0.39, 0.29) is 5.56 Å². The Bertz CT molecular complexity index is 549. The minimum absolute atomic E-state index is 0.152. The molecule has 4 nitrogen and oxygen atoms in total. The molecule has 5 heteroatoms. The third-order valence-corrected chi connectivity index (χ3v) is 2.72. The normalized spacial score (nSPS) is 10.4. The Morgan fingerprint density at radius 2 is 2.25 bits per heavy atom. The lowest BCUT2D eigenvalue weighted by atomic mass is 10.2. The molecule has 0 radical (unpaired) electrons. The van der Waals surface area contributed by atoms with Crippen molar-refractivity contribution >= 4 is 17.6 Å². The number of benzene rings is 1. The summed E-state index contributed by atoms with van der Waals surface area (Å²) >= 11 is 5.98. The Kier molecular flexibility index (Phi) is 2.66. The molecule has 0 amide bonds. The Morgan fingerprint density at radius 3 is 2.88 bits per heavy atom. The van der Waals surface area contributed by atoms with Gasteiger partial charge in [-0.25, -0.2) is 9.48 Å². The maximum absolute atomic E-state index is 10.7. The maximum atomic E-state index is 10.7. The minimum atomic E-state index is -0.995. The van der Waals surface area contributed by atoms with Gasteiger partial charge in [0.05, 0.1) is 17.4 Å². The van der Waals surface area contributed by atoms with Gasteiger partial charge in [0.15, 0.2) is 0 Å². The zero-order chi connectivity index (χ0) is 11.7. The van der Waals surface area contributed by atoms with Gasteiger partial charge in [-0.05, 0) is 24.6 Å². The molecule has 0 spiro atoms. The summed E-state index contributed by atoms with van der Waals surface area (Å²) in [6, 6.07) is 5.41. The molecule has 1 aromatic carbocycles. The van der Waals surface area contributed by atoms with E-state index in [0.717, 1.165) is 11.3 Å². The van der Waals surface area contributed by atoms with Crippen molar-refractivity contribution in [2.24, 2.45) is 0 Å². The molecule has 82 valence electrons. The van der Waals surface area contributed by atoms with E-state index >= 15 is 0 Å². The largest absolute Gasteiger partial charge is 0.478 e. The van der Waals surface area contributed by atoms with Crippen LogP contribution in [0.25, 0.3) is 5.69 Å². The molecule has 1 N–H and O–H groups in total. The van der Waals surface area contributed by atoms with Crippen molar-refractivity contribution in [3.8, 4) is 5.69 Å². The van der Waals surface area contributed by atoms with Crippen LogP contribution >= 0.6 is 11.6 Å². The fraction of sp³-hybridized carbons (Fsp3) is 0.0909. The quantitative estimate of drug-likeness (QED) is 0.872. The average molecular weight is 237 g/mol. The van der Waals surface area contributed by atoms with Crippen LogP contribution in [-0.2, 0) is 0 Å². The molecule has 0 fully saturated rings. The zero-order valence-corrected chi connectivity index (χ0v) is 9.27. The van der Waals surface area contributed by atoms with Crippen LogP contribution in [-0.4, -0.2) is 20.9 Å². The highest BCUT2D eigenvalue weighted by Gasteiger charge is 2.09. The SMILES string of the molecule is Cc1c(Cl)cccc1-n1cc(C(=O)O)cn1. The first kappa shape index (κ1) is 10.7. The Balaban J connectivity index is 2.50. The van der Waals surface area contributed by atoms with Crippen LogP contribution in [0.15, 0.2) is 30.6 Å². The number of aromatic carboxylic acids is 1. The standard InChI is InChI=1S/C11H9ClN2O2/c1-7-9(12)3-2-4-10(7)14-6-8(5-13-14)11(15)16/h2-6H,1H3,(H,15,16). The zero-order valence-electron chi connectivity index (χ0n) is 8.51. The first-order chi connectivity index (χ1) is 7.59. The molecular formula is C11H9ClN2O2. The lowest BCUT2D eigenvalue weighted by molar-refractivity contribution is 0.0697. The summed E-state index contributed by atoms with van der Waals surface area (Å²) in [5.74, 6) is -0.995. The minimum Gasteiger partial charge on any atom is -0.478 e. The van der Waals surface area contributed by atoms with Crippen molar-refractivity contribution in [1.82, 2.24) is 9.78 Å². The Labute approximate surface area is 97.1 Å². The van der Waals surface area contributed by atoms with Crippen LogP contribution in [0.3, 0.4) is 0 Å². The van der Waals surface area contributed by atoms with Crippen molar-refractivity contribution in [3.63, 3.8) is 0 Å². The first-order valence-electron chi connectivity index (χ1n) is 4.63. The number of rotatable bonds is 2. The van der Waals surface area contributed by atoms with Gasteiger partial charge in [-0.3, -0.25) is 0 Å². The fourth-order valence-electron chi connectivity index (χ4n) is 1.41. The van der Waals surface area contributed by atoms with E-state index in [9.17, 15) is 4.79 Å². The second-order valence-electron chi connectivity index (χ2n) is 3.36. The molecule has 1 aromatic heterocycles. The smallest absolute Gasteiger partial charge is 0.338 e. The third kappa shape index (κ3) is 1.79. The lowest BCUT2D eigenvalue weighted by Crippen LogP contribution is -1.98. The van der Waals surface area contributed by atoms with Crippen molar-refractivity contribution < 1.29 is 9.90 Å². The van der Waals surface area contributed by atoms with E-state index in [1.165, 1.54) is 17.1 Å². The van der Waals surface area contributed by atoms with Gasteiger partial charge in [-0.2, -0.15) is 5.10 Å². The third-order valence-electron chi connectivity index (χ3n) is 2.32. The number of hydrogen-bond acceptors (Lipinski definition) is 2. The summed E-state index contributed by atoms with van der Waals surface area (Å²) in [7, 11) is 0. The molecule has 0 saturated carbocycles. The number of hydrogen-bond donors (Lipinski definition) is 1. The van der Waals surface area contributed by atoms with Crippen LogP contribution in [0, 0.1) is 6.92 Å². The van der Waals surface area contributed by atoms with E-state index in [1.807, 2.05) is 13.0 Å². The second kappa shape index (κ2) is 3.98. The van der Waals surface area contributed by atoms with Crippen LogP contribution in [0.5, 0.6) is 0 Å². The van der Waals surface area contributed by atoms with Crippen LogP contribution in [0.2, 0.25) is 5.02 Å². The monoisotopic (exact) mass is 236 g/mol. The van der Waals surface area contributed by atoms with Gasteiger partial charge in [0.1, 0.15) is 0 Å². The number of halogens is 1. The van der Waals surface area contributed by atoms with Crippen molar-refractivity contribution in [2.45, 2.75) is 6.92 Å². The Hall–Kier alpha value is -1.81. The highest BCUT2D eigenvalue weighted by atomic mass is 35.5. The van der Waals surface area contributed by atoms with Gasteiger partial charge >= 0.3 is 5.97 Å². The summed E-state index contributed by atoms with van der Waals surface area (Å²) in [6.45, 7) is 1.86. The average Bonchev–Trinajstić information content (AvgIpc) is 2.71. The molecule has 0 saturated heterocycles. The van der Waals surface area contributed by atoms with E-state index in [0.29, 0.717) is 5.02 Å². The van der Waals surface area contributed by atoms with E-state index in [2.05, 4.69) is 5.10 Å². The Morgan fingerprint density at radius 1 is 1.50 bits per heavy atom. The van der Waals surface area contributed by atoms with Crippen LogP contribution < -0.4 is 0 Å². The van der Waals surface area contributed by atoms with Gasteiger partial charge in [0.25, 0.3) is 0 Å².